The Balaban J connectivity index is 1.57. The zero-order chi connectivity index (χ0) is 19.0. The van der Waals surface area contributed by atoms with Gasteiger partial charge in [0.25, 0.3) is 5.56 Å². The highest BCUT2D eigenvalue weighted by molar-refractivity contribution is 7.98. The van der Waals surface area contributed by atoms with E-state index in [1.54, 1.807) is 24.3 Å². The minimum absolute atomic E-state index is 0.200. The first-order valence-corrected chi connectivity index (χ1v) is 9.52. The van der Waals surface area contributed by atoms with Crippen LogP contribution in [-0.4, -0.2) is 24.3 Å². The first-order chi connectivity index (χ1) is 13.0. The number of nitrogens with zero attached hydrogens (tertiary/aromatic N) is 5. The molecule has 3 heterocycles. The van der Waals surface area contributed by atoms with E-state index in [1.165, 1.54) is 33.1 Å². The number of nitrogen functional groups attached to an aromatic ring is 1. The van der Waals surface area contributed by atoms with Gasteiger partial charge in [-0.3, -0.25) is 9.20 Å². The molecule has 0 spiro atoms. The normalized spacial score (nSPS) is 11.2. The summed E-state index contributed by atoms with van der Waals surface area (Å²) in [5, 5.41) is 9.86. The number of thioether (sulfide) groups is 1. The minimum atomic E-state index is -0.200. The zero-order valence-electron chi connectivity index (χ0n) is 13.7. The highest BCUT2D eigenvalue weighted by atomic mass is 35.5. The number of fused-ring (bicyclic) bond motifs is 1. The zero-order valence-corrected chi connectivity index (χ0v) is 16.0. The molecule has 0 saturated carbocycles. The number of pyridine rings is 1. The van der Waals surface area contributed by atoms with Crippen molar-refractivity contribution < 1.29 is 0 Å². The van der Waals surface area contributed by atoms with E-state index in [1.807, 2.05) is 12.1 Å². The van der Waals surface area contributed by atoms with Crippen molar-refractivity contribution in [3.63, 3.8) is 0 Å². The smallest absolute Gasteiger partial charge is 0.258 e. The molecule has 0 atom stereocenters. The van der Waals surface area contributed by atoms with Crippen LogP contribution in [0.15, 0.2) is 58.6 Å². The predicted octanol–water partition coefficient (Wildman–Crippen LogP) is 3.27. The van der Waals surface area contributed by atoms with Gasteiger partial charge in [0, 0.05) is 28.6 Å². The quantitative estimate of drug-likeness (QED) is 0.403. The molecule has 136 valence electrons. The monoisotopic (exact) mass is 418 g/mol. The van der Waals surface area contributed by atoms with Gasteiger partial charge in [-0.05, 0) is 36.4 Å². The molecule has 0 bridgehead atoms. The van der Waals surface area contributed by atoms with Gasteiger partial charge in [0.05, 0.1) is 10.7 Å². The minimum Gasteiger partial charge on any atom is -0.335 e. The van der Waals surface area contributed by atoms with Gasteiger partial charge in [-0.1, -0.05) is 35.0 Å². The van der Waals surface area contributed by atoms with Crippen LogP contribution in [0.4, 0.5) is 0 Å². The van der Waals surface area contributed by atoms with Gasteiger partial charge in [-0.25, -0.2) is 9.66 Å². The Kier molecular flexibility index (Phi) is 4.77. The van der Waals surface area contributed by atoms with Crippen LogP contribution in [0.2, 0.25) is 10.0 Å². The molecule has 0 aliphatic rings. The first-order valence-electron chi connectivity index (χ1n) is 7.78. The fourth-order valence-corrected chi connectivity index (χ4v) is 3.55. The van der Waals surface area contributed by atoms with Crippen LogP contribution in [0.1, 0.15) is 5.69 Å². The Hall–Kier alpha value is -2.55. The van der Waals surface area contributed by atoms with Crippen molar-refractivity contribution in [2.45, 2.75) is 10.9 Å². The van der Waals surface area contributed by atoms with Crippen molar-refractivity contribution in [2.75, 3.05) is 5.84 Å². The van der Waals surface area contributed by atoms with E-state index in [0.29, 0.717) is 38.1 Å². The second kappa shape index (κ2) is 7.22. The van der Waals surface area contributed by atoms with Crippen molar-refractivity contribution >= 4 is 40.6 Å². The first kappa shape index (κ1) is 17.8. The number of nitrogens with two attached hydrogens (primary N) is 1. The third-order valence-corrected chi connectivity index (χ3v) is 5.24. The molecule has 4 aromatic rings. The molecule has 27 heavy (non-hydrogen) atoms. The highest BCUT2D eigenvalue weighted by Crippen LogP contribution is 2.24. The summed E-state index contributed by atoms with van der Waals surface area (Å²) in [5.41, 5.74) is 1.75. The summed E-state index contributed by atoms with van der Waals surface area (Å²) in [6, 6.07) is 12.0. The van der Waals surface area contributed by atoms with Gasteiger partial charge < -0.3 is 5.84 Å². The molecule has 2 N–H and O–H groups in total. The van der Waals surface area contributed by atoms with Crippen LogP contribution in [-0.2, 0) is 5.75 Å². The third-order valence-electron chi connectivity index (χ3n) is 3.79. The molecule has 0 aliphatic carbocycles. The largest absolute Gasteiger partial charge is 0.335 e. The molecule has 10 heteroatoms. The topological polar surface area (TPSA) is 91.1 Å². The molecule has 0 amide bonds. The van der Waals surface area contributed by atoms with E-state index in [2.05, 4.69) is 15.2 Å². The molecule has 1 aromatic carbocycles. The van der Waals surface area contributed by atoms with Gasteiger partial charge in [-0.2, -0.15) is 0 Å². The van der Waals surface area contributed by atoms with Crippen LogP contribution in [0.5, 0.6) is 0 Å². The van der Waals surface area contributed by atoms with E-state index in [4.69, 9.17) is 29.0 Å². The maximum absolute atomic E-state index is 12.2. The van der Waals surface area contributed by atoms with E-state index < -0.39 is 0 Å². The van der Waals surface area contributed by atoms with Gasteiger partial charge >= 0.3 is 0 Å². The van der Waals surface area contributed by atoms with Gasteiger partial charge in [0.1, 0.15) is 5.65 Å². The van der Waals surface area contributed by atoms with Crippen LogP contribution < -0.4 is 11.4 Å². The van der Waals surface area contributed by atoms with E-state index >= 15 is 0 Å². The predicted molar refractivity (Wildman–Crippen MR) is 107 cm³/mol. The maximum Gasteiger partial charge on any atom is 0.258 e. The van der Waals surface area contributed by atoms with Gasteiger partial charge in [0.2, 0.25) is 5.16 Å². The van der Waals surface area contributed by atoms with Crippen LogP contribution in [0, 0.1) is 0 Å². The van der Waals surface area contributed by atoms with Crippen LogP contribution in [0.25, 0.3) is 17.0 Å². The number of halogens is 2. The molecular formula is C17H12Cl2N6OS. The summed E-state index contributed by atoms with van der Waals surface area (Å²) < 4.78 is 2.81. The molecular weight excluding hydrogens is 407 g/mol. The molecule has 3 aromatic heterocycles. The molecule has 0 aliphatic heterocycles. The lowest BCUT2D eigenvalue weighted by molar-refractivity contribution is 0.848. The fourth-order valence-electron chi connectivity index (χ4n) is 2.51. The van der Waals surface area contributed by atoms with Crippen molar-refractivity contribution in [3.05, 3.63) is 74.8 Å². The van der Waals surface area contributed by atoms with Crippen LogP contribution in [0.3, 0.4) is 0 Å². The number of hydrogen-bond acceptors (Lipinski definition) is 6. The average molecular weight is 419 g/mol. The third kappa shape index (κ3) is 3.64. The van der Waals surface area contributed by atoms with Crippen LogP contribution >= 0.6 is 35.0 Å². The Morgan fingerprint density at radius 1 is 1.04 bits per heavy atom. The molecule has 0 fully saturated rings. The lowest BCUT2D eigenvalue weighted by atomic mass is 10.2. The molecule has 4 rings (SSSR count). The second-order valence-corrected chi connectivity index (χ2v) is 7.45. The fraction of sp³-hybridized carbons (Fsp3) is 0.0588. The number of aromatic nitrogens is 5. The maximum atomic E-state index is 12.2. The van der Waals surface area contributed by atoms with E-state index in [0.717, 1.165) is 5.56 Å². The summed E-state index contributed by atoms with van der Waals surface area (Å²) >= 11 is 13.2. The Bertz CT molecular complexity index is 1190. The number of rotatable bonds is 4. The molecule has 0 radical (unpaired) electrons. The highest BCUT2D eigenvalue weighted by Gasteiger charge is 2.13. The SMILES string of the molecule is Nn1c(SCc2cc(=O)n3cc(Cl)ccc3n2)nnc1-c1ccc(Cl)cc1. The van der Waals surface area contributed by atoms with Crippen molar-refractivity contribution in [1.29, 1.82) is 0 Å². The number of hydrogen-bond donors (Lipinski definition) is 1. The molecule has 0 unspecified atom stereocenters. The lowest BCUT2D eigenvalue weighted by Gasteiger charge is -2.05. The summed E-state index contributed by atoms with van der Waals surface area (Å²) in [4.78, 5) is 16.7. The lowest BCUT2D eigenvalue weighted by Crippen LogP contribution is -2.15. The van der Waals surface area contributed by atoms with Crippen molar-refractivity contribution in [1.82, 2.24) is 24.3 Å². The summed E-state index contributed by atoms with van der Waals surface area (Å²) in [7, 11) is 0. The Morgan fingerprint density at radius 3 is 2.56 bits per heavy atom. The average Bonchev–Trinajstić information content (AvgIpc) is 3.02. The Morgan fingerprint density at radius 2 is 1.78 bits per heavy atom. The molecule has 0 saturated heterocycles. The summed E-state index contributed by atoms with van der Waals surface area (Å²) in [5.74, 6) is 7.06. The Labute approximate surface area is 167 Å². The van der Waals surface area contributed by atoms with Crippen molar-refractivity contribution in [2.24, 2.45) is 0 Å². The van der Waals surface area contributed by atoms with E-state index in [-0.39, 0.29) is 5.56 Å². The van der Waals surface area contributed by atoms with Gasteiger partial charge in [0.15, 0.2) is 5.82 Å². The van der Waals surface area contributed by atoms with E-state index in [9.17, 15) is 4.79 Å². The van der Waals surface area contributed by atoms with Gasteiger partial charge in [-0.15, -0.1) is 10.2 Å². The summed E-state index contributed by atoms with van der Waals surface area (Å²) in [6.45, 7) is 0. The molecule has 7 nitrogen and oxygen atoms in total. The van der Waals surface area contributed by atoms with Crippen molar-refractivity contribution in [3.8, 4) is 11.4 Å². The second-order valence-electron chi connectivity index (χ2n) is 5.63. The number of benzene rings is 1. The standard InChI is InChI=1S/C17H12Cl2N6OS/c18-11-3-1-10(2-4-11)16-22-23-17(25(16)20)27-9-13-7-15(26)24-8-12(19)5-6-14(24)21-13/h1-8H,9,20H2. The summed E-state index contributed by atoms with van der Waals surface area (Å²) in [6.07, 6.45) is 1.54.